The summed E-state index contributed by atoms with van der Waals surface area (Å²) >= 11 is 0. The SMILES string of the molecule is CCCN1CC(=O)N(Cc2cc(C(=O)O)c(C)o2)CC1=O. The second-order valence-corrected chi connectivity index (χ2v) is 5.05. The lowest BCUT2D eigenvalue weighted by Crippen LogP contribution is -2.53. The van der Waals surface area contributed by atoms with Gasteiger partial charge in [0.2, 0.25) is 11.8 Å². The van der Waals surface area contributed by atoms with Crippen molar-refractivity contribution in [3.63, 3.8) is 0 Å². The molecule has 7 nitrogen and oxygen atoms in total. The normalized spacial score (nSPS) is 15.7. The van der Waals surface area contributed by atoms with Gasteiger partial charge in [0.05, 0.1) is 13.1 Å². The summed E-state index contributed by atoms with van der Waals surface area (Å²) in [7, 11) is 0. The van der Waals surface area contributed by atoms with Crippen LogP contribution in [0, 0.1) is 6.92 Å². The van der Waals surface area contributed by atoms with Crippen molar-refractivity contribution in [1.29, 1.82) is 0 Å². The molecule has 1 aromatic rings. The first kappa shape index (κ1) is 15.1. The van der Waals surface area contributed by atoms with Crippen LogP contribution in [-0.2, 0) is 16.1 Å². The number of rotatable bonds is 5. The average Bonchev–Trinajstić information content (AvgIpc) is 2.77. The number of nitrogens with zero attached hydrogens (tertiary/aromatic N) is 2. The van der Waals surface area contributed by atoms with E-state index in [1.165, 1.54) is 15.9 Å². The number of amides is 2. The largest absolute Gasteiger partial charge is 0.478 e. The first-order chi connectivity index (χ1) is 9.92. The van der Waals surface area contributed by atoms with E-state index >= 15 is 0 Å². The maximum absolute atomic E-state index is 12.0. The molecule has 2 rings (SSSR count). The number of carbonyl (C=O) groups is 3. The molecule has 1 aliphatic rings. The molecule has 0 saturated carbocycles. The molecule has 0 aromatic carbocycles. The van der Waals surface area contributed by atoms with Crippen LogP contribution in [0.5, 0.6) is 0 Å². The highest BCUT2D eigenvalue weighted by Crippen LogP contribution is 2.18. The number of carboxylic acid groups (broad SMARTS) is 1. The summed E-state index contributed by atoms with van der Waals surface area (Å²) in [6, 6.07) is 1.40. The average molecular weight is 294 g/mol. The predicted molar refractivity (Wildman–Crippen MR) is 72.7 cm³/mol. The third-order valence-corrected chi connectivity index (χ3v) is 3.40. The number of carbonyl (C=O) groups excluding carboxylic acids is 2. The lowest BCUT2D eigenvalue weighted by atomic mass is 10.2. The first-order valence-corrected chi connectivity index (χ1v) is 6.80. The Hall–Kier alpha value is -2.31. The van der Waals surface area contributed by atoms with Gasteiger partial charge in [-0.05, 0) is 19.4 Å². The molecule has 114 valence electrons. The van der Waals surface area contributed by atoms with Crippen LogP contribution in [0.1, 0.15) is 35.2 Å². The monoisotopic (exact) mass is 294 g/mol. The van der Waals surface area contributed by atoms with Gasteiger partial charge in [-0.25, -0.2) is 4.79 Å². The Morgan fingerprint density at radius 2 is 1.90 bits per heavy atom. The van der Waals surface area contributed by atoms with E-state index in [0.717, 1.165) is 6.42 Å². The van der Waals surface area contributed by atoms with E-state index in [1.807, 2.05) is 6.92 Å². The molecule has 1 N–H and O–H groups in total. The van der Waals surface area contributed by atoms with Crippen LogP contribution in [-0.4, -0.2) is 52.3 Å². The lowest BCUT2D eigenvalue weighted by Gasteiger charge is -2.33. The van der Waals surface area contributed by atoms with Crippen LogP contribution >= 0.6 is 0 Å². The minimum Gasteiger partial charge on any atom is -0.478 e. The minimum atomic E-state index is -1.07. The van der Waals surface area contributed by atoms with Crippen molar-refractivity contribution in [2.45, 2.75) is 26.8 Å². The summed E-state index contributed by atoms with van der Waals surface area (Å²) in [5.41, 5.74) is 0.0772. The van der Waals surface area contributed by atoms with Gasteiger partial charge in [0.1, 0.15) is 23.6 Å². The highest BCUT2D eigenvalue weighted by atomic mass is 16.4. The molecule has 1 aromatic heterocycles. The van der Waals surface area contributed by atoms with E-state index in [0.29, 0.717) is 18.1 Å². The van der Waals surface area contributed by atoms with Crippen LogP contribution in [0.2, 0.25) is 0 Å². The summed E-state index contributed by atoms with van der Waals surface area (Å²) < 4.78 is 5.34. The summed E-state index contributed by atoms with van der Waals surface area (Å²) in [6.45, 7) is 4.25. The quantitative estimate of drug-likeness (QED) is 0.870. The number of piperazine rings is 1. The van der Waals surface area contributed by atoms with E-state index in [4.69, 9.17) is 9.52 Å². The fraction of sp³-hybridized carbons (Fsp3) is 0.500. The van der Waals surface area contributed by atoms with Crippen LogP contribution in [0.4, 0.5) is 0 Å². The number of hydrogen-bond donors (Lipinski definition) is 1. The zero-order valence-corrected chi connectivity index (χ0v) is 12.1. The Morgan fingerprint density at radius 1 is 1.29 bits per heavy atom. The van der Waals surface area contributed by atoms with Gasteiger partial charge in [0.25, 0.3) is 0 Å². The van der Waals surface area contributed by atoms with Gasteiger partial charge in [0.15, 0.2) is 0 Å². The van der Waals surface area contributed by atoms with Gasteiger partial charge in [-0.3, -0.25) is 9.59 Å². The number of hydrogen-bond acceptors (Lipinski definition) is 4. The third kappa shape index (κ3) is 3.24. The molecule has 2 heterocycles. The molecular formula is C14H18N2O5. The van der Waals surface area contributed by atoms with E-state index in [2.05, 4.69) is 0 Å². The Labute approximate surface area is 122 Å². The lowest BCUT2D eigenvalue weighted by molar-refractivity contribution is -0.150. The van der Waals surface area contributed by atoms with Gasteiger partial charge in [-0.2, -0.15) is 0 Å². The standard InChI is InChI=1S/C14H18N2O5/c1-3-4-15-7-13(18)16(8-12(15)17)6-10-5-11(14(19)20)9(2)21-10/h5H,3-4,6-8H2,1-2H3,(H,19,20). The maximum Gasteiger partial charge on any atom is 0.339 e. The topological polar surface area (TPSA) is 91.1 Å². The number of furan rings is 1. The van der Waals surface area contributed by atoms with Crippen molar-refractivity contribution in [2.24, 2.45) is 0 Å². The van der Waals surface area contributed by atoms with Crippen molar-refractivity contribution in [3.8, 4) is 0 Å². The molecule has 0 bridgehead atoms. The highest BCUT2D eigenvalue weighted by molar-refractivity contribution is 5.92. The van der Waals surface area contributed by atoms with E-state index in [-0.39, 0.29) is 37.0 Å². The molecule has 1 aliphatic heterocycles. The van der Waals surface area contributed by atoms with Crippen LogP contribution in [0.15, 0.2) is 10.5 Å². The van der Waals surface area contributed by atoms with Crippen LogP contribution in [0.25, 0.3) is 0 Å². The molecule has 0 spiro atoms. The van der Waals surface area contributed by atoms with Gasteiger partial charge in [0, 0.05) is 6.54 Å². The zero-order chi connectivity index (χ0) is 15.6. The predicted octanol–water partition coefficient (Wildman–Crippen LogP) is 0.867. The second kappa shape index (κ2) is 5.99. The van der Waals surface area contributed by atoms with E-state index in [9.17, 15) is 14.4 Å². The smallest absolute Gasteiger partial charge is 0.339 e. The Bertz CT molecular complexity index is 578. The summed E-state index contributed by atoms with van der Waals surface area (Å²) in [5.74, 6) is -0.666. The van der Waals surface area contributed by atoms with Crippen LogP contribution in [0.3, 0.4) is 0 Å². The summed E-state index contributed by atoms with van der Waals surface area (Å²) in [6.07, 6.45) is 0.804. The van der Waals surface area contributed by atoms with Gasteiger partial charge in [-0.1, -0.05) is 6.92 Å². The number of aryl methyl sites for hydroxylation is 1. The minimum absolute atomic E-state index is 0.000978. The fourth-order valence-electron chi connectivity index (χ4n) is 2.34. The van der Waals surface area contributed by atoms with Gasteiger partial charge in [-0.15, -0.1) is 0 Å². The molecule has 0 atom stereocenters. The fourth-order valence-corrected chi connectivity index (χ4v) is 2.34. The van der Waals surface area contributed by atoms with Gasteiger partial charge >= 0.3 is 5.97 Å². The molecule has 1 saturated heterocycles. The Morgan fingerprint density at radius 3 is 2.48 bits per heavy atom. The van der Waals surface area contributed by atoms with Crippen molar-refractivity contribution in [3.05, 3.63) is 23.2 Å². The van der Waals surface area contributed by atoms with Crippen molar-refractivity contribution in [1.82, 2.24) is 9.80 Å². The van der Waals surface area contributed by atoms with Crippen molar-refractivity contribution < 1.29 is 23.9 Å². The highest BCUT2D eigenvalue weighted by Gasteiger charge is 2.30. The van der Waals surface area contributed by atoms with E-state index in [1.54, 1.807) is 6.92 Å². The number of aromatic carboxylic acids is 1. The molecule has 1 fully saturated rings. The molecule has 21 heavy (non-hydrogen) atoms. The molecule has 0 radical (unpaired) electrons. The number of carboxylic acids is 1. The molecule has 2 amide bonds. The zero-order valence-electron chi connectivity index (χ0n) is 12.1. The summed E-state index contributed by atoms with van der Waals surface area (Å²) in [5, 5.41) is 8.97. The molecular weight excluding hydrogens is 276 g/mol. The second-order valence-electron chi connectivity index (χ2n) is 5.05. The first-order valence-electron chi connectivity index (χ1n) is 6.80. The Kier molecular flexibility index (Phi) is 4.30. The Balaban J connectivity index is 2.07. The molecule has 7 heteroatoms. The molecule has 0 aliphatic carbocycles. The molecule has 0 unspecified atom stereocenters. The van der Waals surface area contributed by atoms with Crippen molar-refractivity contribution >= 4 is 17.8 Å². The third-order valence-electron chi connectivity index (χ3n) is 3.40. The van der Waals surface area contributed by atoms with Crippen LogP contribution < -0.4 is 0 Å². The van der Waals surface area contributed by atoms with E-state index < -0.39 is 5.97 Å². The van der Waals surface area contributed by atoms with Crippen molar-refractivity contribution in [2.75, 3.05) is 19.6 Å². The summed E-state index contributed by atoms with van der Waals surface area (Å²) in [4.78, 5) is 37.8. The van der Waals surface area contributed by atoms with Gasteiger partial charge < -0.3 is 19.3 Å². The maximum atomic E-state index is 12.0.